The molecular weight excluding hydrogens is 368 g/mol. The SMILES string of the molecule is CC(=O)Nc1ccc(CC(=O)OCC(=O)N2CC=C(c3ccccc3)CC2)cc1. The third-order valence-electron chi connectivity index (χ3n) is 4.69. The Bertz CT molecular complexity index is 904. The van der Waals surface area contributed by atoms with Crippen LogP contribution < -0.4 is 5.32 Å². The van der Waals surface area contributed by atoms with Crippen molar-refractivity contribution in [1.82, 2.24) is 4.90 Å². The Morgan fingerprint density at radius 1 is 1.03 bits per heavy atom. The lowest BCUT2D eigenvalue weighted by Gasteiger charge is -2.26. The average molecular weight is 392 g/mol. The van der Waals surface area contributed by atoms with Crippen LogP contribution in [-0.2, 0) is 25.5 Å². The zero-order valence-electron chi connectivity index (χ0n) is 16.4. The summed E-state index contributed by atoms with van der Waals surface area (Å²) < 4.78 is 5.15. The molecular formula is C23H24N2O4. The predicted octanol–water partition coefficient (Wildman–Crippen LogP) is 3.05. The molecule has 0 radical (unpaired) electrons. The highest BCUT2D eigenvalue weighted by Gasteiger charge is 2.19. The van der Waals surface area contributed by atoms with E-state index < -0.39 is 5.97 Å². The summed E-state index contributed by atoms with van der Waals surface area (Å²) in [6.45, 7) is 2.31. The van der Waals surface area contributed by atoms with Crippen molar-refractivity contribution < 1.29 is 19.1 Å². The molecule has 1 N–H and O–H groups in total. The topological polar surface area (TPSA) is 75.7 Å². The molecule has 0 bridgehead atoms. The number of hydrogen-bond donors (Lipinski definition) is 1. The number of rotatable bonds is 6. The van der Waals surface area contributed by atoms with Crippen molar-refractivity contribution in [2.75, 3.05) is 25.0 Å². The lowest BCUT2D eigenvalue weighted by atomic mass is 10.00. The van der Waals surface area contributed by atoms with Crippen molar-refractivity contribution in [3.05, 3.63) is 71.8 Å². The maximum absolute atomic E-state index is 12.3. The molecule has 0 saturated heterocycles. The van der Waals surface area contributed by atoms with Crippen molar-refractivity contribution >= 4 is 29.0 Å². The van der Waals surface area contributed by atoms with Gasteiger partial charge in [-0.15, -0.1) is 0 Å². The summed E-state index contributed by atoms with van der Waals surface area (Å²) in [5, 5.41) is 2.67. The molecule has 0 spiro atoms. The van der Waals surface area contributed by atoms with Gasteiger partial charge in [0.25, 0.3) is 5.91 Å². The molecule has 1 aliphatic heterocycles. The summed E-state index contributed by atoms with van der Waals surface area (Å²) in [5.74, 6) is -0.801. The number of esters is 1. The van der Waals surface area contributed by atoms with Gasteiger partial charge in [-0.2, -0.15) is 0 Å². The van der Waals surface area contributed by atoms with Gasteiger partial charge in [0.05, 0.1) is 6.42 Å². The molecule has 1 heterocycles. The second kappa shape index (κ2) is 9.68. The lowest BCUT2D eigenvalue weighted by molar-refractivity contribution is -0.151. The molecule has 6 heteroatoms. The van der Waals surface area contributed by atoms with Crippen LogP contribution in [0.3, 0.4) is 0 Å². The number of nitrogens with zero attached hydrogens (tertiary/aromatic N) is 1. The highest BCUT2D eigenvalue weighted by molar-refractivity contribution is 5.88. The minimum Gasteiger partial charge on any atom is -0.455 e. The third-order valence-corrected chi connectivity index (χ3v) is 4.69. The standard InChI is InChI=1S/C23H24N2O4/c1-17(26)24-21-9-7-18(8-10-21)15-23(28)29-16-22(27)25-13-11-20(12-14-25)19-5-3-2-4-6-19/h2-11H,12-16H2,1H3,(H,24,26). The van der Waals surface area contributed by atoms with E-state index in [2.05, 4.69) is 23.5 Å². The Labute approximate surface area is 170 Å². The molecule has 150 valence electrons. The summed E-state index contributed by atoms with van der Waals surface area (Å²) in [5.41, 5.74) is 3.83. The molecule has 6 nitrogen and oxygen atoms in total. The Morgan fingerprint density at radius 3 is 2.38 bits per heavy atom. The molecule has 3 rings (SSSR count). The number of nitrogens with one attached hydrogen (secondary N) is 1. The van der Waals surface area contributed by atoms with Crippen LogP contribution in [-0.4, -0.2) is 42.4 Å². The van der Waals surface area contributed by atoms with Crippen LogP contribution >= 0.6 is 0 Å². The van der Waals surface area contributed by atoms with Crippen molar-refractivity contribution in [3.63, 3.8) is 0 Å². The van der Waals surface area contributed by atoms with Gasteiger partial charge in [-0.1, -0.05) is 48.5 Å². The average Bonchev–Trinajstić information content (AvgIpc) is 2.74. The Balaban J connectivity index is 1.44. The molecule has 0 atom stereocenters. The maximum Gasteiger partial charge on any atom is 0.310 e. The van der Waals surface area contributed by atoms with E-state index in [0.29, 0.717) is 18.8 Å². The first kappa shape index (κ1) is 20.3. The normalized spacial score (nSPS) is 13.4. The largest absolute Gasteiger partial charge is 0.455 e. The van der Waals surface area contributed by atoms with Gasteiger partial charge in [0, 0.05) is 25.7 Å². The van der Waals surface area contributed by atoms with Crippen LogP contribution in [0.5, 0.6) is 0 Å². The minimum atomic E-state index is -0.455. The maximum atomic E-state index is 12.3. The zero-order chi connectivity index (χ0) is 20.6. The molecule has 0 aromatic heterocycles. The summed E-state index contributed by atoms with van der Waals surface area (Å²) in [4.78, 5) is 37.1. The Morgan fingerprint density at radius 2 is 1.76 bits per heavy atom. The first-order valence-corrected chi connectivity index (χ1v) is 9.55. The molecule has 0 aliphatic carbocycles. The van der Waals surface area contributed by atoms with E-state index in [1.165, 1.54) is 18.1 Å². The van der Waals surface area contributed by atoms with E-state index in [0.717, 1.165) is 12.0 Å². The molecule has 1 aliphatic rings. The number of anilines is 1. The number of hydrogen-bond acceptors (Lipinski definition) is 4. The van der Waals surface area contributed by atoms with Crippen LogP contribution in [0.4, 0.5) is 5.69 Å². The quantitative estimate of drug-likeness (QED) is 0.767. The van der Waals surface area contributed by atoms with Gasteiger partial charge in [-0.3, -0.25) is 14.4 Å². The fourth-order valence-corrected chi connectivity index (χ4v) is 3.17. The molecule has 2 aromatic rings. The number of carbonyl (C=O) groups is 3. The van der Waals surface area contributed by atoms with Gasteiger partial charge in [0.15, 0.2) is 6.61 Å². The fraction of sp³-hybridized carbons (Fsp3) is 0.261. The zero-order valence-corrected chi connectivity index (χ0v) is 16.4. The van der Waals surface area contributed by atoms with Crippen LogP contribution in [0.15, 0.2) is 60.7 Å². The van der Waals surface area contributed by atoms with Crippen molar-refractivity contribution in [2.24, 2.45) is 0 Å². The summed E-state index contributed by atoms with van der Waals surface area (Å²) in [7, 11) is 0. The number of amides is 2. The first-order chi connectivity index (χ1) is 14.0. The highest BCUT2D eigenvalue weighted by Crippen LogP contribution is 2.22. The van der Waals surface area contributed by atoms with E-state index in [-0.39, 0.29) is 24.8 Å². The summed E-state index contributed by atoms with van der Waals surface area (Å²) in [6, 6.07) is 17.0. The van der Waals surface area contributed by atoms with Crippen LogP contribution in [0.1, 0.15) is 24.5 Å². The number of ether oxygens (including phenoxy) is 1. The highest BCUT2D eigenvalue weighted by atomic mass is 16.5. The molecule has 0 fully saturated rings. The fourth-order valence-electron chi connectivity index (χ4n) is 3.17. The van der Waals surface area contributed by atoms with Crippen molar-refractivity contribution in [3.8, 4) is 0 Å². The van der Waals surface area contributed by atoms with Crippen molar-refractivity contribution in [2.45, 2.75) is 19.8 Å². The van der Waals surface area contributed by atoms with Gasteiger partial charge >= 0.3 is 5.97 Å². The van der Waals surface area contributed by atoms with E-state index in [1.807, 2.05) is 18.2 Å². The Kier molecular flexibility index (Phi) is 6.79. The molecule has 0 saturated carbocycles. The van der Waals surface area contributed by atoms with E-state index in [4.69, 9.17) is 4.74 Å². The number of benzene rings is 2. The molecule has 2 amide bonds. The van der Waals surface area contributed by atoms with Crippen LogP contribution in [0.25, 0.3) is 5.57 Å². The third kappa shape index (κ3) is 6.04. The molecule has 2 aromatic carbocycles. The van der Waals surface area contributed by atoms with Crippen LogP contribution in [0, 0.1) is 0 Å². The summed E-state index contributed by atoms with van der Waals surface area (Å²) in [6.07, 6.45) is 2.91. The van der Waals surface area contributed by atoms with Gasteiger partial charge in [0.1, 0.15) is 0 Å². The number of carbonyl (C=O) groups excluding carboxylic acids is 3. The van der Waals surface area contributed by atoms with Crippen LogP contribution in [0.2, 0.25) is 0 Å². The van der Waals surface area contributed by atoms with Gasteiger partial charge < -0.3 is 15.0 Å². The lowest BCUT2D eigenvalue weighted by Crippen LogP contribution is -2.37. The minimum absolute atomic E-state index is 0.0751. The monoisotopic (exact) mass is 392 g/mol. The van der Waals surface area contributed by atoms with E-state index in [9.17, 15) is 14.4 Å². The van der Waals surface area contributed by atoms with Crippen molar-refractivity contribution in [1.29, 1.82) is 0 Å². The Hall–Kier alpha value is -3.41. The second-order valence-corrected chi connectivity index (χ2v) is 6.90. The van der Waals surface area contributed by atoms with E-state index in [1.54, 1.807) is 29.2 Å². The van der Waals surface area contributed by atoms with Gasteiger partial charge in [0.2, 0.25) is 5.91 Å². The smallest absolute Gasteiger partial charge is 0.310 e. The summed E-state index contributed by atoms with van der Waals surface area (Å²) >= 11 is 0. The molecule has 0 unspecified atom stereocenters. The van der Waals surface area contributed by atoms with E-state index >= 15 is 0 Å². The predicted molar refractivity (Wildman–Crippen MR) is 111 cm³/mol. The molecule has 29 heavy (non-hydrogen) atoms. The second-order valence-electron chi connectivity index (χ2n) is 6.90. The van der Waals surface area contributed by atoms with Gasteiger partial charge in [-0.05, 0) is 35.3 Å². The first-order valence-electron chi connectivity index (χ1n) is 9.55. The van der Waals surface area contributed by atoms with Gasteiger partial charge in [-0.25, -0.2) is 0 Å².